The van der Waals surface area contributed by atoms with Crippen LogP contribution in [0.15, 0.2) is 35.4 Å². The van der Waals surface area contributed by atoms with E-state index in [2.05, 4.69) is 10.4 Å². The predicted molar refractivity (Wildman–Crippen MR) is 58.7 cm³/mol. The van der Waals surface area contributed by atoms with Crippen LogP contribution in [0, 0.1) is 0 Å². The van der Waals surface area contributed by atoms with Crippen LogP contribution in [0.1, 0.15) is 12.5 Å². The second-order valence-electron chi connectivity index (χ2n) is 3.59. The number of amides is 2. The number of carbonyl (C=O) groups excluding carboxylic acids is 1. The van der Waals surface area contributed by atoms with Gasteiger partial charge < -0.3 is 5.32 Å². The first-order valence-corrected chi connectivity index (χ1v) is 4.93. The van der Waals surface area contributed by atoms with Crippen molar-refractivity contribution in [2.45, 2.75) is 13.0 Å². The topological polar surface area (TPSA) is 44.7 Å². The molecule has 0 spiro atoms. The molecule has 0 aliphatic carbocycles. The highest BCUT2D eigenvalue weighted by Crippen LogP contribution is 2.04. The van der Waals surface area contributed by atoms with Crippen LogP contribution in [-0.4, -0.2) is 29.8 Å². The molecule has 0 radical (unpaired) electrons. The fourth-order valence-corrected chi connectivity index (χ4v) is 1.45. The van der Waals surface area contributed by atoms with Crippen molar-refractivity contribution < 1.29 is 4.79 Å². The summed E-state index contributed by atoms with van der Waals surface area (Å²) in [6, 6.07) is 9.76. The average Bonchev–Trinajstić information content (AvgIpc) is 2.56. The Morgan fingerprint density at radius 3 is 2.80 bits per heavy atom. The van der Waals surface area contributed by atoms with Crippen LogP contribution >= 0.6 is 0 Å². The van der Waals surface area contributed by atoms with Gasteiger partial charge in [0.25, 0.3) is 0 Å². The highest BCUT2D eigenvalue weighted by atomic mass is 16.2. The van der Waals surface area contributed by atoms with E-state index in [-0.39, 0.29) is 12.1 Å². The second kappa shape index (κ2) is 4.13. The van der Waals surface area contributed by atoms with Gasteiger partial charge in [0, 0.05) is 6.04 Å². The Bertz CT molecular complexity index is 375. The summed E-state index contributed by atoms with van der Waals surface area (Å²) in [6.07, 6.45) is 1.69. The molecule has 1 atom stereocenters. The fraction of sp³-hybridized carbons (Fsp3) is 0.273. The average molecular weight is 203 g/mol. The summed E-state index contributed by atoms with van der Waals surface area (Å²) < 4.78 is 0. The predicted octanol–water partition coefficient (Wildman–Crippen LogP) is 1.43. The third-order valence-corrected chi connectivity index (χ3v) is 2.20. The van der Waals surface area contributed by atoms with Gasteiger partial charge in [-0.05, 0) is 12.5 Å². The normalized spacial score (nSPS) is 21.0. The number of hydrazone groups is 1. The van der Waals surface area contributed by atoms with Gasteiger partial charge in [-0.1, -0.05) is 30.3 Å². The van der Waals surface area contributed by atoms with Gasteiger partial charge in [-0.2, -0.15) is 5.10 Å². The summed E-state index contributed by atoms with van der Waals surface area (Å²) in [4.78, 5) is 11.3. The van der Waals surface area contributed by atoms with Crippen molar-refractivity contribution in [2.75, 3.05) is 6.54 Å². The molecule has 4 heteroatoms. The maximum atomic E-state index is 11.3. The van der Waals surface area contributed by atoms with Crippen molar-refractivity contribution in [3.05, 3.63) is 35.9 Å². The first kappa shape index (κ1) is 9.71. The van der Waals surface area contributed by atoms with E-state index in [0.29, 0.717) is 6.54 Å². The van der Waals surface area contributed by atoms with Gasteiger partial charge in [0.05, 0.1) is 12.8 Å². The number of nitrogens with one attached hydrogen (secondary N) is 1. The lowest BCUT2D eigenvalue weighted by atomic mass is 10.2. The molecule has 1 fully saturated rings. The molecule has 1 heterocycles. The Hall–Kier alpha value is -1.84. The number of hydrogen-bond donors (Lipinski definition) is 1. The molecule has 2 rings (SSSR count). The second-order valence-corrected chi connectivity index (χ2v) is 3.59. The Kier molecular flexibility index (Phi) is 2.67. The van der Waals surface area contributed by atoms with Crippen LogP contribution in [0.3, 0.4) is 0 Å². The first-order chi connectivity index (χ1) is 7.25. The molecule has 2 amide bonds. The zero-order valence-corrected chi connectivity index (χ0v) is 8.55. The Morgan fingerprint density at radius 1 is 1.47 bits per heavy atom. The molecule has 0 saturated carbocycles. The van der Waals surface area contributed by atoms with E-state index in [4.69, 9.17) is 0 Å². The van der Waals surface area contributed by atoms with Gasteiger partial charge in [0.15, 0.2) is 0 Å². The van der Waals surface area contributed by atoms with Gasteiger partial charge in [0.1, 0.15) is 0 Å². The van der Waals surface area contributed by atoms with Crippen LogP contribution in [0.4, 0.5) is 4.79 Å². The first-order valence-electron chi connectivity index (χ1n) is 4.93. The lowest BCUT2D eigenvalue weighted by Gasteiger charge is -2.05. The molecular formula is C11H13N3O. The van der Waals surface area contributed by atoms with E-state index in [1.807, 2.05) is 37.3 Å². The van der Waals surface area contributed by atoms with Crippen molar-refractivity contribution in [3.63, 3.8) is 0 Å². The molecule has 1 aliphatic rings. The van der Waals surface area contributed by atoms with Crippen LogP contribution in [0.5, 0.6) is 0 Å². The van der Waals surface area contributed by atoms with E-state index in [1.165, 1.54) is 5.01 Å². The molecule has 1 aromatic carbocycles. The summed E-state index contributed by atoms with van der Waals surface area (Å²) in [5, 5.41) is 8.34. The van der Waals surface area contributed by atoms with Crippen molar-refractivity contribution in [1.82, 2.24) is 10.3 Å². The van der Waals surface area contributed by atoms with Crippen molar-refractivity contribution in [1.29, 1.82) is 0 Å². The highest BCUT2D eigenvalue weighted by molar-refractivity contribution is 5.82. The van der Waals surface area contributed by atoms with Gasteiger partial charge in [0.2, 0.25) is 0 Å². The molecule has 1 aromatic rings. The van der Waals surface area contributed by atoms with Crippen LogP contribution in [0.25, 0.3) is 0 Å². The quantitative estimate of drug-likeness (QED) is 0.726. The number of nitrogens with zero attached hydrogens (tertiary/aromatic N) is 2. The van der Waals surface area contributed by atoms with Gasteiger partial charge in [-0.15, -0.1) is 0 Å². The van der Waals surface area contributed by atoms with E-state index in [0.717, 1.165) is 5.56 Å². The van der Waals surface area contributed by atoms with Gasteiger partial charge >= 0.3 is 6.03 Å². The van der Waals surface area contributed by atoms with Crippen LogP contribution in [-0.2, 0) is 0 Å². The third kappa shape index (κ3) is 2.34. The van der Waals surface area contributed by atoms with E-state index >= 15 is 0 Å². The summed E-state index contributed by atoms with van der Waals surface area (Å²) in [5.74, 6) is 0. The Labute approximate surface area is 88.6 Å². The molecule has 1 aliphatic heterocycles. The summed E-state index contributed by atoms with van der Waals surface area (Å²) in [5.41, 5.74) is 0.991. The fourth-order valence-electron chi connectivity index (χ4n) is 1.45. The summed E-state index contributed by atoms with van der Waals surface area (Å²) >= 11 is 0. The number of hydrogen-bond acceptors (Lipinski definition) is 2. The maximum Gasteiger partial charge on any atom is 0.338 e. The molecule has 1 N–H and O–H groups in total. The standard InChI is InChI=1S/C11H13N3O/c1-9-8-14(11(15)13-9)12-7-10-5-3-2-4-6-10/h2-7,9H,8H2,1H3,(H,13,15)/b12-7+/t9-/m1/s1. The zero-order chi connectivity index (χ0) is 10.7. The lowest BCUT2D eigenvalue weighted by Crippen LogP contribution is -2.24. The highest BCUT2D eigenvalue weighted by Gasteiger charge is 2.24. The number of rotatable bonds is 2. The molecule has 78 valence electrons. The Morgan fingerprint density at radius 2 is 2.20 bits per heavy atom. The van der Waals surface area contributed by atoms with Crippen molar-refractivity contribution in [2.24, 2.45) is 5.10 Å². The van der Waals surface area contributed by atoms with Gasteiger partial charge in [-0.25, -0.2) is 9.80 Å². The van der Waals surface area contributed by atoms with E-state index < -0.39 is 0 Å². The Balaban J connectivity index is 2.03. The number of urea groups is 1. The molecular weight excluding hydrogens is 190 g/mol. The third-order valence-electron chi connectivity index (χ3n) is 2.20. The van der Waals surface area contributed by atoms with Crippen molar-refractivity contribution in [3.8, 4) is 0 Å². The SMILES string of the molecule is C[C@@H]1CN(/N=C/c2ccccc2)C(=O)N1. The molecule has 0 bridgehead atoms. The molecule has 1 saturated heterocycles. The number of benzene rings is 1. The molecule has 15 heavy (non-hydrogen) atoms. The summed E-state index contributed by atoms with van der Waals surface area (Å²) in [6.45, 7) is 2.58. The molecule has 0 aromatic heterocycles. The lowest BCUT2D eigenvalue weighted by molar-refractivity contribution is 0.219. The zero-order valence-electron chi connectivity index (χ0n) is 8.55. The summed E-state index contributed by atoms with van der Waals surface area (Å²) in [7, 11) is 0. The largest absolute Gasteiger partial charge is 0.338 e. The van der Waals surface area contributed by atoms with Crippen LogP contribution < -0.4 is 5.32 Å². The smallest absolute Gasteiger partial charge is 0.332 e. The van der Waals surface area contributed by atoms with Gasteiger partial charge in [-0.3, -0.25) is 0 Å². The van der Waals surface area contributed by atoms with Crippen molar-refractivity contribution >= 4 is 12.2 Å². The van der Waals surface area contributed by atoms with E-state index in [9.17, 15) is 4.79 Å². The molecule has 4 nitrogen and oxygen atoms in total. The van der Waals surface area contributed by atoms with E-state index in [1.54, 1.807) is 6.21 Å². The molecule has 0 unspecified atom stereocenters. The minimum atomic E-state index is -0.130. The maximum absolute atomic E-state index is 11.3. The monoisotopic (exact) mass is 203 g/mol. The number of carbonyl (C=O) groups is 1. The minimum absolute atomic E-state index is 0.130. The minimum Gasteiger partial charge on any atom is -0.332 e. The van der Waals surface area contributed by atoms with Crippen LogP contribution in [0.2, 0.25) is 0 Å².